The summed E-state index contributed by atoms with van der Waals surface area (Å²) in [4.78, 5) is 25.0. The topological polar surface area (TPSA) is 69.6 Å². The minimum Gasteiger partial charge on any atom is -0.481 e. The molecular formula is C15H19ClN2O3. The van der Waals surface area contributed by atoms with Crippen LogP contribution in [0.2, 0.25) is 5.02 Å². The fourth-order valence-corrected chi connectivity index (χ4v) is 2.81. The molecule has 1 fully saturated rings. The van der Waals surface area contributed by atoms with Crippen molar-refractivity contribution in [2.45, 2.75) is 13.3 Å². The van der Waals surface area contributed by atoms with Crippen LogP contribution in [0, 0.1) is 11.8 Å². The highest BCUT2D eigenvalue weighted by Gasteiger charge is 2.34. The van der Waals surface area contributed by atoms with Crippen LogP contribution in [-0.2, 0) is 9.59 Å². The average molecular weight is 311 g/mol. The summed E-state index contributed by atoms with van der Waals surface area (Å²) in [6.07, 6.45) is 0.339. The number of hydrogen-bond acceptors (Lipinski definition) is 3. The van der Waals surface area contributed by atoms with Crippen LogP contribution >= 0.6 is 11.6 Å². The smallest absolute Gasteiger partial charge is 0.308 e. The van der Waals surface area contributed by atoms with E-state index in [0.717, 1.165) is 6.54 Å². The lowest BCUT2D eigenvalue weighted by Crippen LogP contribution is -2.27. The number of carboxylic acids is 1. The van der Waals surface area contributed by atoms with E-state index in [1.54, 1.807) is 24.3 Å². The molecule has 6 heteroatoms. The first kappa shape index (κ1) is 15.8. The molecule has 0 radical (unpaired) electrons. The Morgan fingerprint density at radius 2 is 2.19 bits per heavy atom. The highest BCUT2D eigenvalue weighted by atomic mass is 35.5. The molecule has 0 spiro atoms. The second-order valence-electron chi connectivity index (χ2n) is 5.49. The molecule has 114 valence electrons. The zero-order valence-corrected chi connectivity index (χ0v) is 12.6. The first-order valence-electron chi connectivity index (χ1n) is 6.96. The first-order chi connectivity index (χ1) is 9.95. The van der Waals surface area contributed by atoms with Crippen LogP contribution in [0.25, 0.3) is 0 Å². The standard InChI is InChI=1S/C15H19ClN2O3/c1-10-8-18(9-13(10)15(20)21)6-5-14(19)17-12-4-2-3-11(16)7-12/h2-4,7,10,13H,5-6,8-9H2,1H3,(H,17,19)(H,20,21)/t10-,13-/m1/s1. The van der Waals surface area contributed by atoms with Crippen molar-refractivity contribution in [2.24, 2.45) is 11.8 Å². The fourth-order valence-electron chi connectivity index (χ4n) is 2.62. The highest BCUT2D eigenvalue weighted by Crippen LogP contribution is 2.23. The maximum Gasteiger partial charge on any atom is 0.308 e. The average Bonchev–Trinajstić information content (AvgIpc) is 2.78. The van der Waals surface area contributed by atoms with Gasteiger partial charge in [0.15, 0.2) is 0 Å². The molecule has 0 aliphatic carbocycles. The number of carboxylic acid groups (broad SMARTS) is 1. The van der Waals surface area contributed by atoms with E-state index < -0.39 is 5.97 Å². The predicted octanol–water partition coefficient (Wildman–Crippen LogP) is 2.32. The molecule has 2 rings (SSSR count). The van der Waals surface area contributed by atoms with E-state index in [-0.39, 0.29) is 17.7 Å². The summed E-state index contributed by atoms with van der Waals surface area (Å²) >= 11 is 5.86. The Balaban J connectivity index is 1.78. The predicted molar refractivity (Wildman–Crippen MR) is 81.4 cm³/mol. The minimum absolute atomic E-state index is 0.0938. The zero-order valence-electron chi connectivity index (χ0n) is 11.9. The first-order valence-corrected chi connectivity index (χ1v) is 7.34. The number of benzene rings is 1. The summed E-state index contributed by atoms with van der Waals surface area (Å²) in [5, 5.41) is 12.4. The quantitative estimate of drug-likeness (QED) is 0.875. The third kappa shape index (κ3) is 4.44. The van der Waals surface area contributed by atoms with Crippen molar-refractivity contribution in [1.82, 2.24) is 4.90 Å². The fraction of sp³-hybridized carbons (Fsp3) is 0.467. The van der Waals surface area contributed by atoms with Gasteiger partial charge in [-0.15, -0.1) is 0 Å². The van der Waals surface area contributed by atoms with E-state index in [1.165, 1.54) is 0 Å². The lowest BCUT2D eigenvalue weighted by Gasteiger charge is -2.14. The van der Waals surface area contributed by atoms with Crippen LogP contribution in [0.3, 0.4) is 0 Å². The number of carbonyl (C=O) groups excluding carboxylic acids is 1. The number of halogens is 1. The van der Waals surface area contributed by atoms with Crippen molar-refractivity contribution in [3.05, 3.63) is 29.3 Å². The summed E-state index contributed by atoms with van der Waals surface area (Å²) in [6.45, 7) is 3.74. The van der Waals surface area contributed by atoms with Gasteiger partial charge in [-0.2, -0.15) is 0 Å². The Hall–Kier alpha value is -1.59. The molecule has 1 aliphatic rings. The number of carbonyl (C=O) groups is 2. The summed E-state index contributed by atoms with van der Waals surface area (Å²) in [6, 6.07) is 6.99. The number of hydrogen-bond donors (Lipinski definition) is 2. The molecule has 0 unspecified atom stereocenters. The largest absolute Gasteiger partial charge is 0.481 e. The van der Waals surface area contributed by atoms with Gasteiger partial charge >= 0.3 is 5.97 Å². The van der Waals surface area contributed by atoms with E-state index in [2.05, 4.69) is 5.32 Å². The maximum absolute atomic E-state index is 11.9. The van der Waals surface area contributed by atoms with Gasteiger partial charge in [-0.05, 0) is 24.1 Å². The summed E-state index contributed by atoms with van der Waals surface area (Å²) < 4.78 is 0. The SMILES string of the molecule is C[C@@H]1CN(CCC(=O)Nc2cccc(Cl)c2)C[C@H]1C(=O)O. The highest BCUT2D eigenvalue weighted by molar-refractivity contribution is 6.30. The van der Waals surface area contributed by atoms with Crippen LogP contribution in [0.1, 0.15) is 13.3 Å². The van der Waals surface area contributed by atoms with Crippen LogP contribution in [0.4, 0.5) is 5.69 Å². The van der Waals surface area contributed by atoms with Crippen LogP contribution < -0.4 is 5.32 Å². The molecule has 0 bridgehead atoms. The molecule has 2 atom stereocenters. The van der Waals surface area contributed by atoms with Crippen LogP contribution in [0.15, 0.2) is 24.3 Å². The molecule has 0 saturated carbocycles. The van der Waals surface area contributed by atoms with Crippen molar-refractivity contribution in [1.29, 1.82) is 0 Å². The zero-order chi connectivity index (χ0) is 15.4. The monoisotopic (exact) mass is 310 g/mol. The molecule has 1 aliphatic heterocycles. The van der Waals surface area contributed by atoms with Gasteiger partial charge in [-0.1, -0.05) is 24.6 Å². The Morgan fingerprint density at radius 1 is 1.43 bits per heavy atom. The van der Waals surface area contributed by atoms with Gasteiger partial charge in [0.2, 0.25) is 5.91 Å². The lowest BCUT2D eigenvalue weighted by molar-refractivity contribution is -0.142. The van der Waals surface area contributed by atoms with Gasteiger partial charge in [-0.3, -0.25) is 9.59 Å². The minimum atomic E-state index is -0.756. The number of anilines is 1. The van der Waals surface area contributed by atoms with E-state index in [9.17, 15) is 9.59 Å². The number of nitrogens with zero attached hydrogens (tertiary/aromatic N) is 1. The second-order valence-corrected chi connectivity index (χ2v) is 5.93. The molecule has 1 aromatic carbocycles. The Kier molecular flexibility index (Phi) is 5.20. The summed E-state index contributed by atoms with van der Waals surface area (Å²) in [5.74, 6) is -1.06. The maximum atomic E-state index is 11.9. The molecule has 1 heterocycles. The number of rotatable bonds is 5. The van der Waals surface area contributed by atoms with Gasteiger partial charge in [0.25, 0.3) is 0 Å². The lowest BCUT2D eigenvalue weighted by atomic mass is 9.99. The van der Waals surface area contributed by atoms with Crippen molar-refractivity contribution in [2.75, 3.05) is 25.0 Å². The second kappa shape index (κ2) is 6.91. The number of aliphatic carboxylic acids is 1. The molecule has 1 aromatic rings. The van der Waals surface area contributed by atoms with E-state index in [0.29, 0.717) is 30.2 Å². The van der Waals surface area contributed by atoms with Crippen molar-refractivity contribution < 1.29 is 14.7 Å². The Labute approximate surface area is 128 Å². The molecular weight excluding hydrogens is 292 g/mol. The molecule has 2 N–H and O–H groups in total. The summed E-state index contributed by atoms with van der Waals surface area (Å²) in [5.41, 5.74) is 0.672. The van der Waals surface area contributed by atoms with Gasteiger partial charge in [-0.25, -0.2) is 0 Å². The number of amides is 1. The van der Waals surface area contributed by atoms with Crippen molar-refractivity contribution >= 4 is 29.2 Å². The van der Waals surface area contributed by atoms with E-state index in [4.69, 9.17) is 16.7 Å². The molecule has 0 aromatic heterocycles. The molecule has 1 saturated heterocycles. The van der Waals surface area contributed by atoms with E-state index >= 15 is 0 Å². The molecule has 5 nitrogen and oxygen atoms in total. The third-order valence-electron chi connectivity index (χ3n) is 3.77. The molecule has 1 amide bonds. The summed E-state index contributed by atoms with van der Waals surface area (Å²) in [7, 11) is 0. The van der Waals surface area contributed by atoms with Crippen LogP contribution in [0.5, 0.6) is 0 Å². The van der Waals surface area contributed by atoms with Gasteiger partial charge in [0.1, 0.15) is 0 Å². The Bertz CT molecular complexity index is 535. The van der Waals surface area contributed by atoms with Gasteiger partial charge < -0.3 is 15.3 Å². The van der Waals surface area contributed by atoms with Crippen molar-refractivity contribution in [3.63, 3.8) is 0 Å². The Morgan fingerprint density at radius 3 is 2.81 bits per heavy atom. The number of nitrogens with one attached hydrogen (secondary N) is 1. The number of likely N-dealkylation sites (tertiary alicyclic amines) is 1. The normalized spacial score (nSPS) is 22.2. The third-order valence-corrected chi connectivity index (χ3v) is 4.00. The van der Waals surface area contributed by atoms with Gasteiger partial charge in [0.05, 0.1) is 5.92 Å². The van der Waals surface area contributed by atoms with E-state index in [1.807, 2.05) is 11.8 Å². The van der Waals surface area contributed by atoms with Crippen molar-refractivity contribution in [3.8, 4) is 0 Å². The van der Waals surface area contributed by atoms with Gasteiger partial charge in [0, 0.05) is 36.8 Å². The van der Waals surface area contributed by atoms with Crippen LogP contribution in [-0.4, -0.2) is 41.5 Å². The molecule has 21 heavy (non-hydrogen) atoms.